The second-order valence-electron chi connectivity index (χ2n) is 13.5. The molecular weight excluding hydrogens is 563 g/mol. The third-order valence-electron chi connectivity index (χ3n) is 9.47. The number of hydrogen-bond donors (Lipinski definition) is 0. The van der Waals surface area contributed by atoms with Crippen LogP contribution in [0.15, 0.2) is 55.1 Å². The first-order valence-corrected chi connectivity index (χ1v) is 15.6. The molecule has 7 rings (SSSR count). The molecule has 0 saturated carbocycles. The van der Waals surface area contributed by atoms with E-state index in [-0.39, 0.29) is 11.9 Å². The molecule has 4 aromatic rings. The standard InChI is InChI=1S/C33H36B2FNO5S/c1-18(2)27-12-13-28(43-27)30-37-24-11-10-21(35-41-32(6,7)33(8,9)42-35)14-20(24)15-25(37)29-23(36)16-22(17-26(29)38-30)34-39-19(3)31(4,5)40-34/h10-17,19,30H,1H2,2-9H3. The van der Waals surface area contributed by atoms with Gasteiger partial charge in [-0.3, -0.25) is 4.57 Å². The fraction of sp³-hybridized carbons (Fsp3) is 0.394. The van der Waals surface area contributed by atoms with Gasteiger partial charge < -0.3 is 23.4 Å². The van der Waals surface area contributed by atoms with Crippen molar-refractivity contribution in [1.29, 1.82) is 0 Å². The van der Waals surface area contributed by atoms with E-state index < -0.39 is 37.3 Å². The average molecular weight is 599 g/mol. The molecule has 5 heterocycles. The van der Waals surface area contributed by atoms with Crippen molar-refractivity contribution in [3.63, 3.8) is 0 Å². The summed E-state index contributed by atoms with van der Waals surface area (Å²) in [7, 11) is -1.18. The largest absolute Gasteiger partial charge is 0.494 e. The number of rotatable bonds is 4. The normalized spacial score (nSPS) is 23.4. The van der Waals surface area contributed by atoms with Gasteiger partial charge in [-0.15, -0.1) is 11.3 Å². The number of halogens is 1. The fourth-order valence-electron chi connectivity index (χ4n) is 5.87. The lowest BCUT2D eigenvalue weighted by Gasteiger charge is -2.32. The van der Waals surface area contributed by atoms with E-state index in [0.717, 1.165) is 37.4 Å². The lowest BCUT2D eigenvalue weighted by Crippen LogP contribution is -2.41. The molecule has 222 valence electrons. The van der Waals surface area contributed by atoms with Gasteiger partial charge in [-0.25, -0.2) is 4.39 Å². The Hall–Kier alpha value is -2.88. The Bertz CT molecular complexity index is 1780. The number of ether oxygens (including phenoxy) is 1. The Morgan fingerprint density at radius 2 is 1.63 bits per heavy atom. The van der Waals surface area contributed by atoms with Gasteiger partial charge in [0.2, 0.25) is 6.23 Å². The zero-order valence-electron chi connectivity index (χ0n) is 25.9. The quantitative estimate of drug-likeness (QED) is 0.245. The minimum absolute atomic E-state index is 0.141. The zero-order chi connectivity index (χ0) is 30.6. The van der Waals surface area contributed by atoms with Crippen LogP contribution in [-0.2, 0) is 18.6 Å². The number of nitrogens with zero attached hydrogens (tertiary/aromatic N) is 1. The molecular formula is C33H36B2FNO5S. The lowest BCUT2D eigenvalue weighted by molar-refractivity contribution is 0.00578. The smallest absolute Gasteiger partial charge is 0.464 e. The molecule has 0 N–H and O–H groups in total. The third-order valence-corrected chi connectivity index (χ3v) is 10.8. The molecule has 2 fully saturated rings. The van der Waals surface area contributed by atoms with Crippen molar-refractivity contribution in [2.24, 2.45) is 0 Å². The molecule has 0 amide bonds. The Kier molecular flexibility index (Phi) is 6.42. The van der Waals surface area contributed by atoms with Gasteiger partial charge in [0.05, 0.1) is 44.6 Å². The number of aromatic nitrogens is 1. The minimum Gasteiger partial charge on any atom is -0.464 e. The molecule has 2 saturated heterocycles. The summed E-state index contributed by atoms with van der Waals surface area (Å²) in [4.78, 5) is 2.07. The maximum absolute atomic E-state index is 16.2. The van der Waals surface area contributed by atoms with Crippen molar-refractivity contribution in [2.75, 3.05) is 0 Å². The van der Waals surface area contributed by atoms with Crippen molar-refractivity contribution in [1.82, 2.24) is 4.57 Å². The van der Waals surface area contributed by atoms with Crippen molar-refractivity contribution < 1.29 is 27.7 Å². The van der Waals surface area contributed by atoms with Crippen molar-refractivity contribution in [3.05, 3.63) is 70.7 Å². The highest BCUT2D eigenvalue weighted by Gasteiger charge is 2.52. The van der Waals surface area contributed by atoms with Crippen molar-refractivity contribution in [2.45, 2.75) is 84.5 Å². The summed E-state index contributed by atoms with van der Waals surface area (Å²) in [6.45, 7) is 20.2. The summed E-state index contributed by atoms with van der Waals surface area (Å²) in [6.07, 6.45) is -0.645. The summed E-state index contributed by atoms with van der Waals surface area (Å²) in [5.74, 6) is 0.0656. The van der Waals surface area contributed by atoms with Crippen LogP contribution in [0.5, 0.6) is 5.75 Å². The molecule has 2 unspecified atom stereocenters. The summed E-state index contributed by atoms with van der Waals surface area (Å²) in [5.41, 5.74) is 3.17. The molecule has 0 radical (unpaired) electrons. The van der Waals surface area contributed by atoms with Gasteiger partial charge in [0, 0.05) is 10.3 Å². The number of allylic oxidation sites excluding steroid dienone is 1. The highest BCUT2D eigenvalue weighted by Crippen LogP contribution is 2.47. The monoisotopic (exact) mass is 599 g/mol. The van der Waals surface area contributed by atoms with Crippen LogP contribution >= 0.6 is 11.3 Å². The fourth-order valence-corrected chi connectivity index (χ4v) is 6.83. The maximum Gasteiger partial charge on any atom is 0.494 e. The third kappa shape index (κ3) is 4.53. The van der Waals surface area contributed by atoms with Gasteiger partial charge in [0.25, 0.3) is 0 Å². The number of hydrogen-bond acceptors (Lipinski definition) is 6. The lowest BCUT2D eigenvalue weighted by atomic mass is 9.78. The van der Waals surface area contributed by atoms with E-state index in [1.165, 1.54) is 6.07 Å². The average Bonchev–Trinajstić information content (AvgIpc) is 3.66. The molecule has 0 aliphatic carbocycles. The molecule has 43 heavy (non-hydrogen) atoms. The van der Waals surface area contributed by atoms with Gasteiger partial charge in [-0.05, 0) is 108 Å². The first-order chi connectivity index (χ1) is 20.1. The second kappa shape index (κ2) is 9.56. The van der Waals surface area contributed by atoms with Crippen LogP contribution in [0.1, 0.15) is 71.4 Å². The summed E-state index contributed by atoms with van der Waals surface area (Å²) >= 11 is 1.63. The van der Waals surface area contributed by atoms with E-state index in [1.54, 1.807) is 11.3 Å². The van der Waals surface area contributed by atoms with Crippen LogP contribution in [0.3, 0.4) is 0 Å². The molecule has 6 nitrogen and oxygen atoms in total. The van der Waals surface area contributed by atoms with Gasteiger partial charge in [-0.2, -0.15) is 0 Å². The van der Waals surface area contributed by atoms with Gasteiger partial charge >= 0.3 is 14.2 Å². The summed E-state index contributed by atoms with van der Waals surface area (Å²) in [5, 5.41) is 0.946. The number of fused-ring (bicyclic) bond motifs is 5. The minimum atomic E-state index is -0.682. The molecule has 3 aliphatic heterocycles. The van der Waals surface area contributed by atoms with Crippen LogP contribution in [0.2, 0.25) is 0 Å². The van der Waals surface area contributed by atoms with Crippen LogP contribution in [0, 0.1) is 5.82 Å². The SMILES string of the molecule is C=C(C)c1ccc(C2Oc3cc(B4OC(C)C(C)(C)O4)cc(F)c3-c3cc4cc(B5OC(C)(C)C(C)(C)O5)ccc4n32)s1. The van der Waals surface area contributed by atoms with E-state index in [1.807, 2.05) is 79.7 Å². The van der Waals surface area contributed by atoms with E-state index in [0.29, 0.717) is 16.8 Å². The maximum atomic E-state index is 16.2. The topological polar surface area (TPSA) is 51.1 Å². The molecule has 0 bridgehead atoms. The number of thiophene rings is 1. The Morgan fingerprint density at radius 1 is 0.907 bits per heavy atom. The Labute approximate surface area is 257 Å². The number of benzene rings is 2. The van der Waals surface area contributed by atoms with E-state index >= 15 is 4.39 Å². The van der Waals surface area contributed by atoms with Crippen LogP contribution < -0.4 is 15.7 Å². The predicted octanol–water partition coefficient (Wildman–Crippen LogP) is 6.69. The van der Waals surface area contributed by atoms with Crippen molar-refractivity contribution in [3.8, 4) is 17.0 Å². The molecule has 10 heteroatoms. The highest BCUT2D eigenvalue weighted by molar-refractivity contribution is 7.13. The highest BCUT2D eigenvalue weighted by atomic mass is 32.1. The van der Waals surface area contributed by atoms with Crippen molar-refractivity contribution >= 4 is 53.0 Å². The van der Waals surface area contributed by atoms with Gasteiger partial charge in [0.15, 0.2) is 0 Å². The Morgan fingerprint density at radius 3 is 2.26 bits per heavy atom. The molecule has 2 atom stereocenters. The molecule has 0 spiro atoms. The van der Waals surface area contributed by atoms with E-state index in [2.05, 4.69) is 29.3 Å². The first kappa shape index (κ1) is 28.9. The van der Waals surface area contributed by atoms with Gasteiger partial charge in [0.1, 0.15) is 11.6 Å². The second-order valence-corrected chi connectivity index (χ2v) is 14.6. The van der Waals surface area contributed by atoms with Crippen LogP contribution in [-0.4, -0.2) is 41.7 Å². The predicted molar refractivity (Wildman–Crippen MR) is 172 cm³/mol. The molecule has 2 aromatic heterocycles. The Balaban J connectivity index is 1.37. The van der Waals surface area contributed by atoms with Crippen LogP contribution in [0.4, 0.5) is 4.39 Å². The van der Waals surface area contributed by atoms with E-state index in [4.69, 9.17) is 23.4 Å². The zero-order valence-corrected chi connectivity index (χ0v) is 26.7. The molecule has 3 aliphatic rings. The molecule has 2 aromatic carbocycles. The van der Waals surface area contributed by atoms with Crippen LogP contribution in [0.25, 0.3) is 27.7 Å². The first-order valence-electron chi connectivity index (χ1n) is 14.7. The summed E-state index contributed by atoms with van der Waals surface area (Å²) in [6, 6.07) is 15.7. The van der Waals surface area contributed by atoms with Gasteiger partial charge in [-0.1, -0.05) is 18.7 Å². The summed E-state index contributed by atoms with van der Waals surface area (Å²) < 4.78 is 49.8. The van der Waals surface area contributed by atoms with E-state index in [9.17, 15) is 0 Å².